The van der Waals surface area contributed by atoms with Crippen LogP contribution in [0.3, 0.4) is 0 Å². The molecular weight excluding hydrogens is 208 g/mol. The van der Waals surface area contributed by atoms with E-state index in [0.717, 1.165) is 13.1 Å². The molecule has 1 aromatic carbocycles. The monoisotopic (exact) mass is 232 g/mol. The summed E-state index contributed by atoms with van der Waals surface area (Å²) in [5, 5.41) is 3.47. The first-order valence-corrected chi connectivity index (χ1v) is 6.85. The first-order chi connectivity index (χ1) is 8.22. The van der Waals surface area contributed by atoms with Crippen molar-refractivity contribution in [3.8, 4) is 0 Å². The summed E-state index contributed by atoms with van der Waals surface area (Å²) in [6, 6.07) is 7.45. The molecule has 2 nitrogen and oxygen atoms in total. The summed E-state index contributed by atoms with van der Waals surface area (Å²) in [5.74, 6) is 0. The van der Waals surface area contributed by atoms with Gasteiger partial charge in [0.15, 0.2) is 0 Å². The third-order valence-electron chi connectivity index (χ3n) is 3.45. The van der Waals surface area contributed by atoms with Gasteiger partial charge in [-0.1, -0.05) is 6.92 Å². The highest BCUT2D eigenvalue weighted by Crippen LogP contribution is 2.28. The minimum atomic E-state index is 0.574. The van der Waals surface area contributed by atoms with Gasteiger partial charge in [-0.25, -0.2) is 0 Å². The van der Waals surface area contributed by atoms with Gasteiger partial charge < -0.3 is 10.2 Å². The number of nitrogens with zero attached hydrogens (tertiary/aromatic N) is 1. The maximum atomic E-state index is 3.47. The molecule has 2 heteroatoms. The molecule has 0 atom stereocenters. The van der Waals surface area contributed by atoms with Crippen LogP contribution in [-0.4, -0.2) is 19.1 Å². The van der Waals surface area contributed by atoms with E-state index in [1.165, 1.54) is 36.2 Å². The van der Waals surface area contributed by atoms with Crippen molar-refractivity contribution in [3.63, 3.8) is 0 Å². The lowest BCUT2D eigenvalue weighted by Gasteiger charge is -2.30. The van der Waals surface area contributed by atoms with Crippen LogP contribution in [0.4, 0.5) is 11.4 Å². The van der Waals surface area contributed by atoms with Gasteiger partial charge in [0, 0.05) is 30.5 Å². The Kier molecular flexibility index (Phi) is 3.93. The minimum absolute atomic E-state index is 0.574. The van der Waals surface area contributed by atoms with E-state index in [4.69, 9.17) is 0 Å². The number of anilines is 2. The molecule has 0 bridgehead atoms. The van der Waals surface area contributed by atoms with Crippen molar-refractivity contribution in [2.45, 2.75) is 46.1 Å². The Labute approximate surface area is 105 Å². The SMILES string of the molecule is CCCN(c1ccc2c(c1)CCCN2)C(C)C. The summed E-state index contributed by atoms with van der Waals surface area (Å²) >= 11 is 0. The van der Waals surface area contributed by atoms with Gasteiger partial charge in [0.25, 0.3) is 0 Å². The quantitative estimate of drug-likeness (QED) is 0.852. The molecule has 94 valence electrons. The summed E-state index contributed by atoms with van der Waals surface area (Å²) in [6.07, 6.45) is 3.67. The lowest BCUT2D eigenvalue weighted by atomic mass is 10.0. The highest BCUT2D eigenvalue weighted by Gasteiger charge is 2.13. The average Bonchev–Trinajstić information content (AvgIpc) is 2.35. The fourth-order valence-electron chi connectivity index (χ4n) is 2.57. The molecule has 1 aliphatic heterocycles. The van der Waals surface area contributed by atoms with E-state index >= 15 is 0 Å². The first kappa shape index (κ1) is 12.3. The number of hydrogen-bond donors (Lipinski definition) is 1. The van der Waals surface area contributed by atoms with Crippen molar-refractivity contribution in [1.82, 2.24) is 0 Å². The number of nitrogens with one attached hydrogen (secondary N) is 1. The maximum Gasteiger partial charge on any atom is 0.0374 e. The lowest BCUT2D eigenvalue weighted by molar-refractivity contribution is 0.670. The van der Waals surface area contributed by atoms with Gasteiger partial charge in [0.2, 0.25) is 0 Å². The summed E-state index contributed by atoms with van der Waals surface area (Å²) in [5.41, 5.74) is 4.19. The molecule has 0 saturated heterocycles. The van der Waals surface area contributed by atoms with E-state index in [1.807, 2.05) is 0 Å². The van der Waals surface area contributed by atoms with Gasteiger partial charge >= 0.3 is 0 Å². The molecule has 1 aliphatic rings. The van der Waals surface area contributed by atoms with Gasteiger partial charge in [-0.3, -0.25) is 0 Å². The molecule has 0 unspecified atom stereocenters. The zero-order valence-electron chi connectivity index (χ0n) is 11.3. The molecule has 0 spiro atoms. The van der Waals surface area contributed by atoms with E-state index in [-0.39, 0.29) is 0 Å². The fourth-order valence-corrected chi connectivity index (χ4v) is 2.57. The third-order valence-corrected chi connectivity index (χ3v) is 3.45. The van der Waals surface area contributed by atoms with E-state index in [9.17, 15) is 0 Å². The number of benzene rings is 1. The Morgan fingerprint density at radius 3 is 2.88 bits per heavy atom. The van der Waals surface area contributed by atoms with Gasteiger partial charge in [-0.2, -0.15) is 0 Å². The summed E-state index contributed by atoms with van der Waals surface area (Å²) in [4.78, 5) is 2.49. The van der Waals surface area contributed by atoms with E-state index in [0.29, 0.717) is 6.04 Å². The molecular formula is C15H24N2. The van der Waals surface area contributed by atoms with Gasteiger partial charge in [0.1, 0.15) is 0 Å². The van der Waals surface area contributed by atoms with Gasteiger partial charge in [-0.15, -0.1) is 0 Å². The number of aryl methyl sites for hydroxylation is 1. The average molecular weight is 232 g/mol. The molecule has 0 aromatic heterocycles. The van der Waals surface area contributed by atoms with Gasteiger partial charge in [0.05, 0.1) is 0 Å². The van der Waals surface area contributed by atoms with E-state index < -0.39 is 0 Å². The largest absolute Gasteiger partial charge is 0.385 e. The normalized spacial score (nSPS) is 14.4. The fraction of sp³-hybridized carbons (Fsp3) is 0.600. The molecule has 0 fully saturated rings. The van der Waals surface area contributed by atoms with Crippen molar-refractivity contribution in [2.24, 2.45) is 0 Å². The topological polar surface area (TPSA) is 15.3 Å². The van der Waals surface area contributed by atoms with Gasteiger partial charge in [-0.05, 0) is 56.9 Å². The first-order valence-electron chi connectivity index (χ1n) is 6.85. The lowest BCUT2D eigenvalue weighted by Crippen LogP contribution is -2.31. The highest BCUT2D eigenvalue weighted by molar-refractivity contribution is 5.62. The molecule has 0 saturated carbocycles. The highest BCUT2D eigenvalue weighted by atomic mass is 15.1. The summed E-state index contributed by atoms with van der Waals surface area (Å²) in [7, 11) is 0. The second kappa shape index (κ2) is 5.44. The van der Waals surface area contributed by atoms with Crippen LogP contribution in [0.1, 0.15) is 39.2 Å². The van der Waals surface area contributed by atoms with Crippen LogP contribution >= 0.6 is 0 Å². The Bertz CT molecular complexity index is 371. The van der Waals surface area contributed by atoms with Crippen LogP contribution in [0.2, 0.25) is 0 Å². The van der Waals surface area contributed by atoms with Crippen molar-refractivity contribution in [3.05, 3.63) is 23.8 Å². The standard InChI is InChI=1S/C15H24N2/c1-4-10-17(12(2)3)14-7-8-15-13(11-14)6-5-9-16-15/h7-8,11-12,16H,4-6,9-10H2,1-3H3. The predicted molar refractivity (Wildman–Crippen MR) is 76.0 cm³/mol. The molecule has 0 amide bonds. The molecule has 1 aromatic rings. The predicted octanol–water partition coefficient (Wildman–Crippen LogP) is 3.67. The second-order valence-corrected chi connectivity index (χ2v) is 5.16. The number of fused-ring (bicyclic) bond motifs is 1. The van der Waals surface area contributed by atoms with Crippen molar-refractivity contribution in [1.29, 1.82) is 0 Å². The van der Waals surface area contributed by atoms with E-state index in [1.54, 1.807) is 0 Å². The minimum Gasteiger partial charge on any atom is -0.385 e. The van der Waals surface area contributed by atoms with Crippen LogP contribution < -0.4 is 10.2 Å². The van der Waals surface area contributed by atoms with E-state index in [2.05, 4.69) is 49.2 Å². The van der Waals surface area contributed by atoms with Crippen LogP contribution in [-0.2, 0) is 6.42 Å². The molecule has 17 heavy (non-hydrogen) atoms. The van der Waals surface area contributed by atoms with Crippen LogP contribution in [0.5, 0.6) is 0 Å². The Balaban J connectivity index is 2.25. The third kappa shape index (κ3) is 2.74. The molecule has 1 heterocycles. The molecule has 2 rings (SSSR count). The van der Waals surface area contributed by atoms with Crippen molar-refractivity contribution < 1.29 is 0 Å². The zero-order chi connectivity index (χ0) is 12.3. The molecule has 1 N–H and O–H groups in total. The van der Waals surface area contributed by atoms with Crippen LogP contribution in [0, 0.1) is 0 Å². The summed E-state index contributed by atoms with van der Waals surface area (Å²) in [6.45, 7) is 9.05. The van der Waals surface area contributed by atoms with Crippen LogP contribution in [0.25, 0.3) is 0 Å². The second-order valence-electron chi connectivity index (χ2n) is 5.16. The molecule has 0 radical (unpaired) electrons. The Morgan fingerprint density at radius 2 is 2.18 bits per heavy atom. The molecule has 0 aliphatic carbocycles. The number of rotatable bonds is 4. The smallest absolute Gasteiger partial charge is 0.0374 e. The van der Waals surface area contributed by atoms with Crippen LogP contribution in [0.15, 0.2) is 18.2 Å². The van der Waals surface area contributed by atoms with Crippen molar-refractivity contribution >= 4 is 11.4 Å². The Hall–Kier alpha value is -1.18. The maximum absolute atomic E-state index is 3.47. The van der Waals surface area contributed by atoms with Crippen molar-refractivity contribution in [2.75, 3.05) is 23.3 Å². The Morgan fingerprint density at radius 1 is 1.35 bits per heavy atom. The zero-order valence-corrected chi connectivity index (χ0v) is 11.3. The summed E-state index contributed by atoms with van der Waals surface area (Å²) < 4.78 is 0. The number of hydrogen-bond acceptors (Lipinski definition) is 2.